The van der Waals surface area contributed by atoms with Gasteiger partial charge in [-0.15, -0.1) is 0 Å². The molecule has 1 N–H and O–H groups in total. The topological polar surface area (TPSA) is 77.3 Å². The molecular weight excluding hydrogens is 318 g/mol. The van der Waals surface area contributed by atoms with Crippen molar-refractivity contribution in [2.75, 3.05) is 7.11 Å². The number of carbonyl (C=O) groups excluding carboxylic acids is 1. The Kier molecular flexibility index (Phi) is 4.79. The second-order valence-electron chi connectivity index (χ2n) is 5.72. The molecule has 0 saturated carbocycles. The quantitative estimate of drug-likeness (QED) is 0.770. The van der Waals surface area contributed by atoms with Crippen molar-refractivity contribution in [3.8, 4) is 17.1 Å². The number of rotatable bonds is 5. The molecule has 0 radical (unpaired) electrons. The maximum Gasteiger partial charge on any atom is 0.251 e. The molecule has 0 fully saturated rings. The smallest absolute Gasteiger partial charge is 0.251 e. The minimum Gasteiger partial charge on any atom is -0.496 e. The number of aromatic nitrogens is 2. The molecule has 1 heterocycles. The molecule has 0 saturated heterocycles. The molecule has 128 valence electrons. The Morgan fingerprint density at radius 3 is 2.76 bits per heavy atom. The van der Waals surface area contributed by atoms with E-state index in [1.54, 1.807) is 20.1 Å². The molecule has 6 heteroatoms. The molecule has 0 aliphatic carbocycles. The van der Waals surface area contributed by atoms with Crippen LogP contribution in [0, 0.1) is 6.92 Å². The Labute approximate surface area is 145 Å². The van der Waals surface area contributed by atoms with Gasteiger partial charge in [0.15, 0.2) is 0 Å². The van der Waals surface area contributed by atoms with Gasteiger partial charge in [0.25, 0.3) is 5.91 Å². The summed E-state index contributed by atoms with van der Waals surface area (Å²) < 4.78 is 10.6. The lowest BCUT2D eigenvalue weighted by Gasteiger charge is -2.10. The van der Waals surface area contributed by atoms with Gasteiger partial charge >= 0.3 is 0 Å². The summed E-state index contributed by atoms with van der Waals surface area (Å²) in [6.45, 7) is 3.74. The van der Waals surface area contributed by atoms with Crippen molar-refractivity contribution in [3.05, 3.63) is 65.5 Å². The van der Waals surface area contributed by atoms with Gasteiger partial charge in [0.1, 0.15) is 11.8 Å². The number of amides is 1. The van der Waals surface area contributed by atoms with Gasteiger partial charge in [0.2, 0.25) is 11.7 Å². The number of para-hydroxylation sites is 1. The molecule has 2 aromatic carbocycles. The van der Waals surface area contributed by atoms with Crippen LogP contribution in [0.4, 0.5) is 0 Å². The minimum absolute atomic E-state index is 0.187. The molecule has 6 nitrogen and oxygen atoms in total. The first-order chi connectivity index (χ1) is 12.1. The number of hydrogen-bond donors (Lipinski definition) is 1. The molecule has 3 rings (SSSR count). The van der Waals surface area contributed by atoms with Crippen molar-refractivity contribution in [1.82, 2.24) is 15.5 Å². The molecule has 3 aromatic rings. The largest absolute Gasteiger partial charge is 0.496 e. The summed E-state index contributed by atoms with van der Waals surface area (Å²) in [6.07, 6.45) is 0. The van der Waals surface area contributed by atoms with Crippen LogP contribution in [0.25, 0.3) is 11.4 Å². The van der Waals surface area contributed by atoms with Crippen molar-refractivity contribution >= 4 is 5.91 Å². The van der Waals surface area contributed by atoms with Crippen molar-refractivity contribution in [3.63, 3.8) is 0 Å². The van der Waals surface area contributed by atoms with Gasteiger partial charge < -0.3 is 14.6 Å². The zero-order valence-corrected chi connectivity index (χ0v) is 14.3. The summed E-state index contributed by atoms with van der Waals surface area (Å²) in [5.41, 5.74) is 2.35. The lowest BCUT2D eigenvalue weighted by molar-refractivity contribution is 0.0932. The van der Waals surface area contributed by atoms with E-state index >= 15 is 0 Å². The van der Waals surface area contributed by atoms with E-state index in [0.717, 1.165) is 11.1 Å². The van der Waals surface area contributed by atoms with Gasteiger partial charge in [0.05, 0.1) is 12.7 Å². The van der Waals surface area contributed by atoms with E-state index in [1.165, 1.54) is 0 Å². The number of benzene rings is 2. The molecular formula is C19H19N3O3. The molecule has 1 amide bonds. The fraction of sp³-hybridized carbons (Fsp3) is 0.211. The molecule has 0 unspecified atom stereocenters. The fourth-order valence-electron chi connectivity index (χ4n) is 2.48. The first-order valence-electron chi connectivity index (χ1n) is 7.93. The number of nitrogens with one attached hydrogen (secondary N) is 1. The van der Waals surface area contributed by atoms with Gasteiger partial charge in [-0.2, -0.15) is 4.98 Å². The predicted molar refractivity (Wildman–Crippen MR) is 93.3 cm³/mol. The summed E-state index contributed by atoms with van der Waals surface area (Å²) in [5, 5.41) is 6.86. The molecule has 1 aromatic heterocycles. The van der Waals surface area contributed by atoms with E-state index in [0.29, 0.717) is 23.0 Å². The lowest BCUT2D eigenvalue weighted by atomic mass is 10.1. The maximum atomic E-state index is 12.3. The Morgan fingerprint density at radius 2 is 2.00 bits per heavy atom. The van der Waals surface area contributed by atoms with Crippen LogP contribution in [0.2, 0.25) is 0 Å². The molecule has 0 aliphatic heterocycles. The first-order valence-corrected chi connectivity index (χ1v) is 7.93. The number of nitrogens with zero attached hydrogens (tertiary/aromatic N) is 2. The summed E-state index contributed by atoms with van der Waals surface area (Å²) in [7, 11) is 1.59. The van der Waals surface area contributed by atoms with Gasteiger partial charge in [0, 0.05) is 5.56 Å². The van der Waals surface area contributed by atoms with Crippen LogP contribution < -0.4 is 10.1 Å². The third-order valence-corrected chi connectivity index (χ3v) is 3.79. The zero-order chi connectivity index (χ0) is 17.8. The standard InChI is InChI=1S/C19H19N3O3/c1-12-7-6-8-14(11-12)18(23)20-13(2)19-21-17(22-25-19)15-9-4-5-10-16(15)24-3/h4-11,13H,1-3H3,(H,20,23)/t13-/m0/s1. The number of methoxy groups -OCH3 is 1. The van der Waals surface area contributed by atoms with Crippen molar-refractivity contribution in [1.29, 1.82) is 0 Å². The molecule has 0 bridgehead atoms. The molecule has 1 atom stereocenters. The minimum atomic E-state index is -0.413. The molecule has 25 heavy (non-hydrogen) atoms. The Morgan fingerprint density at radius 1 is 1.20 bits per heavy atom. The van der Waals surface area contributed by atoms with E-state index in [2.05, 4.69) is 15.5 Å². The maximum absolute atomic E-state index is 12.3. The van der Waals surface area contributed by atoms with Gasteiger partial charge in [-0.3, -0.25) is 4.79 Å². The van der Waals surface area contributed by atoms with E-state index in [4.69, 9.17) is 9.26 Å². The normalized spacial score (nSPS) is 11.8. The van der Waals surface area contributed by atoms with Crippen LogP contribution in [-0.2, 0) is 0 Å². The summed E-state index contributed by atoms with van der Waals surface area (Å²) in [4.78, 5) is 16.7. The van der Waals surface area contributed by atoms with Crippen LogP contribution in [0.15, 0.2) is 53.1 Å². The number of ether oxygens (including phenoxy) is 1. The number of carbonyl (C=O) groups is 1. The second-order valence-corrected chi connectivity index (χ2v) is 5.72. The van der Waals surface area contributed by atoms with Crippen molar-refractivity contribution < 1.29 is 14.1 Å². The average molecular weight is 337 g/mol. The third kappa shape index (κ3) is 3.68. The van der Waals surface area contributed by atoms with Crippen LogP contribution >= 0.6 is 0 Å². The van der Waals surface area contributed by atoms with Gasteiger partial charge in [-0.25, -0.2) is 0 Å². The average Bonchev–Trinajstić information content (AvgIpc) is 3.11. The number of aryl methyl sites for hydroxylation is 1. The Bertz CT molecular complexity index is 889. The third-order valence-electron chi connectivity index (χ3n) is 3.79. The zero-order valence-electron chi connectivity index (χ0n) is 14.3. The van der Waals surface area contributed by atoms with E-state index in [9.17, 15) is 4.79 Å². The Hall–Kier alpha value is -3.15. The Balaban J connectivity index is 1.77. The summed E-state index contributed by atoms with van der Waals surface area (Å²) >= 11 is 0. The van der Waals surface area contributed by atoms with E-state index in [1.807, 2.05) is 49.4 Å². The summed E-state index contributed by atoms with van der Waals surface area (Å²) in [6, 6.07) is 14.4. The molecule has 0 spiro atoms. The van der Waals surface area contributed by atoms with Crippen LogP contribution in [0.5, 0.6) is 5.75 Å². The van der Waals surface area contributed by atoms with E-state index in [-0.39, 0.29) is 5.91 Å². The van der Waals surface area contributed by atoms with E-state index < -0.39 is 6.04 Å². The van der Waals surface area contributed by atoms with Crippen LogP contribution in [0.1, 0.15) is 34.8 Å². The SMILES string of the molecule is COc1ccccc1-c1noc([C@H](C)NC(=O)c2cccc(C)c2)n1. The highest BCUT2D eigenvalue weighted by Crippen LogP contribution is 2.28. The second kappa shape index (κ2) is 7.17. The number of hydrogen-bond acceptors (Lipinski definition) is 5. The monoisotopic (exact) mass is 337 g/mol. The highest BCUT2D eigenvalue weighted by atomic mass is 16.5. The van der Waals surface area contributed by atoms with Gasteiger partial charge in [-0.05, 0) is 38.1 Å². The first kappa shape index (κ1) is 16.7. The van der Waals surface area contributed by atoms with Crippen LogP contribution in [-0.4, -0.2) is 23.2 Å². The fourth-order valence-corrected chi connectivity index (χ4v) is 2.48. The highest BCUT2D eigenvalue weighted by molar-refractivity contribution is 5.94. The van der Waals surface area contributed by atoms with Crippen molar-refractivity contribution in [2.45, 2.75) is 19.9 Å². The lowest BCUT2D eigenvalue weighted by Crippen LogP contribution is -2.26. The van der Waals surface area contributed by atoms with Crippen molar-refractivity contribution in [2.24, 2.45) is 0 Å². The van der Waals surface area contributed by atoms with Crippen LogP contribution in [0.3, 0.4) is 0 Å². The predicted octanol–water partition coefficient (Wildman–Crippen LogP) is 3.54. The molecule has 0 aliphatic rings. The van der Waals surface area contributed by atoms with Gasteiger partial charge in [-0.1, -0.05) is 35.0 Å². The summed E-state index contributed by atoms with van der Waals surface area (Å²) in [5.74, 6) is 1.23. The highest BCUT2D eigenvalue weighted by Gasteiger charge is 2.19.